The number of benzene rings is 1. The Labute approximate surface area is 127 Å². The average Bonchev–Trinajstić information content (AvgIpc) is 2.77. The lowest BCUT2D eigenvalue weighted by atomic mass is 10.1. The minimum Gasteiger partial charge on any atom is -0.384 e. The molecule has 0 saturated carbocycles. The number of nitrogens with one attached hydrogen (secondary N) is 1. The summed E-state index contributed by atoms with van der Waals surface area (Å²) >= 11 is 5.95. The summed E-state index contributed by atoms with van der Waals surface area (Å²) in [4.78, 5) is 12.3. The molecule has 1 aromatic carbocycles. The molecule has 0 atom stereocenters. The van der Waals surface area contributed by atoms with Crippen LogP contribution in [0.1, 0.15) is 21.6 Å². The second-order valence-electron chi connectivity index (χ2n) is 4.41. The predicted octanol–water partition coefficient (Wildman–Crippen LogP) is 1.98. The molecule has 0 aliphatic carbocycles. The Bertz CT molecular complexity index is 741. The van der Waals surface area contributed by atoms with E-state index in [9.17, 15) is 4.79 Å². The van der Waals surface area contributed by atoms with Crippen molar-refractivity contribution in [2.24, 2.45) is 7.05 Å². The fourth-order valence-electron chi connectivity index (χ4n) is 1.88. The molecular formula is C15H14ClN3O2. The van der Waals surface area contributed by atoms with Crippen molar-refractivity contribution in [3.8, 4) is 11.8 Å². The average molecular weight is 304 g/mol. The van der Waals surface area contributed by atoms with Crippen LogP contribution in [0.5, 0.6) is 0 Å². The Morgan fingerprint density at radius 3 is 2.90 bits per heavy atom. The van der Waals surface area contributed by atoms with Crippen LogP contribution in [0.25, 0.3) is 0 Å². The van der Waals surface area contributed by atoms with Crippen molar-refractivity contribution in [1.82, 2.24) is 9.78 Å². The van der Waals surface area contributed by atoms with E-state index in [0.29, 0.717) is 27.5 Å². The van der Waals surface area contributed by atoms with Crippen molar-refractivity contribution in [3.63, 3.8) is 0 Å². The highest BCUT2D eigenvalue weighted by molar-refractivity contribution is 6.31. The Hall–Kier alpha value is -2.29. The van der Waals surface area contributed by atoms with E-state index in [0.717, 1.165) is 0 Å². The number of rotatable bonds is 2. The Morgan fingerprint density at radius 1 is 1.52 bits per heavy atom. The highest BCUT2D eigenvalue weighted by Crippen LogP contribution is 2.21. The zero-order chi connectivity index (χ0) is 15.4. The largest absolute Gasteiger partial charge is 0.384 e. The lowest BCUT2D eigenvalue weighted by molar-refractivity contribution is 0.102. The number of aromatic nitrogens is 2. The molecule has 1 heterocycles. The fourth-order valence-corrected chi connectivity index (χ4v) is 2.05. The maximum atomic E-state index is 12.3. The van der Waals surface area contributed by atoms with Crippen LogP contribution in [0.2, 0.25) is 5.02 Å². The molecular weight excluding hydrogens is 290 g/mol. The van der Waals surface area contributed by atoms with Gasteiger partial charge in [-0.15, -0.1) is 0 Å². The van der Waals surface area contributed by atoms with Crippen LogP contribution >= 0.6 is 11.6 Å². The molecule has 1 amide bonds. The molecule has 21 heavy (non-hydrogen) atoms. The van der Waals surface area contributed by atoms with Crippen molar-refractivity contribution in [2.45, 2.75) is 6.92 Å². The first-order valence-corrected chi connectivity index (χ1v) is 6.60. The first-order valence-electron chi connectivity index (χ1n) is 6.22. The summed E-state index contributed by atoms with van der Waals surface area (Å²) in [5.41, 5.74) is 2.21. The summed E-state index contributed by atoms with van der Waals surface area (Å²) in [6.07, 6.45) is 1.65. The van der Waals surface area contributed by atoms with Crippen LogP contribution in [0.3, 0.4) is 0 Å². The van der Waals surface area contributed by atoms with Crippen LogP contribution in [0.15, 0.2) is 24.4 Å². The van der Waals surface area contributed by atoms with E-state index in [1.807, 2.05) is 0 Å². The SMILES string of the molecule is Cc1nn(C)cc1C(=O)Nc1cc(Cl)ccc1C#CCO. The first kappa shape index (κ1) is 15.1. The molecule has 0 bridgehead atoms. The monoisotopic (exact) mass is 303 g/mol. The van der Waals surface area contributed by atoms with Crippen LogP contribution in [-0.4, -0.2) is 27.4 Å². The van der Waals surface area contributed by atoms with E-state index in [1.165, 1.54) is 0 Å². The van der Waals surface area contributed by atoms with Gasteiger partial charge in [-0.05, 0) is 25.1 Å². The molecule has 0 fully saturated rings. The predicted molar refractivity (Wildman–Crippen MR) is 81.3 cm³/mol. The van der Waals surface area contributed by atoms with Crippen LogP contribution < -0.4 is 5.32 Å². The lowest BCUT2D eigenvalue weighted by Gasteiger charge is -2.07. The van der Waals surface area contributed by atoms with Gasteiger partial charge in [-0.3, -0.25) is 9.48 Å². The smallest absolute Gasteiger partial charge is 0.259 e. The summed E-state index contributed by atoms with van der Waals surface area (Å²) < 4.78 is 1.58. The maximum absolute atomic E-state index is 12.3. The Morgan fingerprint density at radius 2 is 2.29 bits per heavy atom. The molecule has 0 radical (unpaired) electrons. The maximum Gasteiger partial charge on any atom is 0.259 e. The molecule has 5 nitrogen and oxygen atoms in total. The number of aliphatic hydroxyl groups is 1. The van der Waals surface area contributed by atoms with Gasteiger partial charge in [0.1, 0.15) is 6.61 Å². The number of aryl methyl sites for hydroxylation is 2. The summed E-state index contributed by atoms with van der Waals surface area (Å²) in [5, 5.41) is 16.2. The second-order valence-corrected chi connectivity index (χ2v) is 4.84. The third-order valence-corrected chi connectivity index (χ3v) is 3.03. The lowest BCUT2D eigenvalue weighted by Crippen LogP contribution is -2.13. The third kappa shape index (κ3) is 3.63. The number of amides is 1. The summed E-state index contributed by atoms with van der Waals surface area (Å²) in [5.74, 6) is 5.04. The molecule has 0 aliphatic rings. The zero-order valence-electron chi connectivity index (χ0n) is 11.6. The van der Waals surface area contributed by atoms with Crippen molar-refractivity contribution in [2.75, 3.05) is 11.9 Å². The highest BCUT2D eigenvalue weighted by Gasteiger charge is 2.14. The van der Waals surface area contributed by atoms with E-state index in [2.05, 4.69) is 22.3 Å². The van der Waals surface area contributed by atoms with E-state index < -0.39 is 0 Å². The molecule has 0 spiro atoms. The van der Waals surface area contributed by atoms with Gasteiger partial charge in [-0.25, -0.2) is 0 Å². The first-order chi connectivity index (χ1) is 10.0. The van der Waals surface area contributed by atoms with E-state index in [-0.39, 0.29) is 12.5 Å². The molecule has 0 saturated heterocycles. The van der Waals surface area contributed by atoms with Gasteiger partial charge in [0.25, 0.3) is 5.91 Å². The van der Waals surface area contributed by atoms with Gasteiger partial charge >= 0.3 is 0 Å². The number of nitrogens with zero attached hydrogens (tertiary/aromatic N) is 2. The molecule has 108 valence electrons. The third-order valence-electron chi connectivity index (χ3n) is 2.79. The summed E-state index contributed by atoms with van der Waals surface area (Å²) in [7, 11) is 1.75. The van der Waals surface area contributed by atoms with Crippen molar-refractivity contribution in [1.29, 1.82) is 0 Å². The molecule has 2 aromatic rings. The number of hydrogen-bond acceptors (Lipinski definition) is 3. The van der Waals surface area contributed by atoms with Gasteiger partial charge in [-0.2, -0.15) is 5.10 Å². The Kier molecular flexibility index (Phi) is 4.63. The Balaban J connectivity index is 2.32. The molecule has 1 aromatic heterocycles. The van der Waals surface area contributed by atoms with Gasteiger partial charge in [0.2, 0.25) is 0 Å². The van der Waals surface area contributed by atoms with Gasteiger partial charge in [0.15, 0.2) is 0 Å². The van der Waals surface area contributed by atoms with Crippen molar-refractivity contribution in [3.05, 3.63) is 46.2 Å². The molecule has 6 heteroatoms. The number of carbonyl (C=O) groups is 1. The van der Waals surface area contributed by atoms with Crippen LogP contribution in [0.4, 0.5) is 5.69 Å². The number of anilines is 1. The van der Waals surface area contributed by atoms with Crippen molar-refractivity contribution < 1.29 is 9.90 Å². The summed E-state index contributed by atoms with van der Waals surface area (Å²) in [6, 6.07) is 4.98. The molecule has 0 unspecified atom stereocenters. The van der Waals surface area contributed by atoms with Crippen LogP contribution in [-0.2, 0) is 7.05 Å². The standard InChI is InChI=1S/C15H14ClN3O2/c1-10-13(9-19(2)18-10)15(21)17-14-8-12(16)6-5-11(14)4-3-7-20/h5-6,8-9,20H,7H2,1-2H3,(H,17,21). The number of carbonyl (C=O) groups excluding carboxylic acids is 1. The van der Waals surface area contributed by atoms with Crippen LogP contribution in [0, 0.1) is 18.8 Å². The summed E-state index contributed by atoms with van der Waals surface area (Å²) in [6.45, 7) is 1.51. The molecule has 2 rings (SSSR count). The van der Waals surface area contributed by atoms with E-state index >= 15 is 0 Å². The fraction of sp³-hybridized carbons (Fsp3) is 0.200. The normalized spacial score (nSPS) is 9.90. The van der Waals surface area contributed by atoms with E-state index in [4.69, 9.17) is 16.7 Å². The second kappa shape index (κ2) is 6.44. The molecule has 2 N–H and O–H groups in total. The highest BCUT2D eigenvalue weighted by atomic mass is 35.5. The van der Waals surface area contributed by atoms with Crippen molar-refractivity contribution >= 4 is 23.2 Å². The quantitative estimate of drug-likeness (QED) is 0.834. The minimum absolute atomic E-state index is 0.252. The minimum atomic E-state index is -0.282. The van der Waals surface area contributed by atoms with Gasteiger partial charge in [0.05, 0.1) is 16.9 Å². The zero-order valence-corrected chi connectivity index (χ0v) is 12.4. The van der Waals surface area contributed by atoms with Gasteiger partial charge in [0, 0.05) is 23.8 Å². The topological polar surface area (TPSA) is 67.2 Å². The number of aliphatic hydroxyl groups excluding tert-OH is 1. The molecule has 0 aliphatic heterocycles. The number of hydrogen-bond donors (Lipinski definition) is 2. The van der Waals surface area contributed by atoms with Gasteiger partial charge < -0.3 is 10.4 Å². The van der Waals surface area contributed by atoms with E-state index in [1.54, 1.807) is 43.0 Å². The van der Waals surface area contributed by atoms with Gasteiger partial charge in [-0.1, -0.05) is 23.4 Å². The number of halogens is 1.